The van der Waals surface area contributed by atoms with Crippen LogP contribution in [0.4, 0.5) is 5.69 Å². The van der Waals surface area contributed by atoms with Crippen LogP contribution in [0, 0.1) is 0 Å². The molecule has 1 unspecified atom stereocenters. The molecule has 0 aliphatic heterocycles. The van der Waals surface area contributed by atoms with Gasteiger partial charge in [-0.3, -0.25) is 0 Å². The van der Waals surface area contributed by atoms with Crippen LogP contribution in [0.15, 0.2) is 36.9 Å². The fourth-order valence-electron chi connectivity index (χ4n) is 1.69. The molecular formula is C15H23N. The summed E-state index contributed by atoms with van der Waals surface area (Å²) in [6, 6.07) is 9.24. The number of hydrogen-bond acceptors (Lipinski definition) is 1. The number of rotatable bonds is 6. The SMILES string of the molecule is C=CCCC(C)Nc1ccc(C(C)C)cc1. The van der Waals surface area contributed by atoms with Gasteiger partial charge in [0.15, 0.2) is 0 Å². The van der Waals surface area contributed by atoms with Gasteiger partial charge < -0.3 is 5.32 Å². The molecule has 1 atom stereocenters. The van der Waals surface area contributed by atoms with E-state index in [1.807, 2.05) is 6.08 Å². The number of benzene rings is 1. The highest BCUT2D eigenvalue weighted by Crippen LogP contribution is 2.18. The van der Waals surface area contributed by atoms with Crippen molar-refractivity contribution in [2.75, 3.05) is 5.32 Å². The van der Waals surface area contributed by atoms with Crippen LogP contribution >= 0.6 is 0 Å². The monoisotopic (exact) mass is 217 g/mol. The molecule has 0 saturated carbocycles. The summed E-state index contributed by atoms with van der Waals surface area (Å²) in [6.07, 6.45) is 4.17. The van der Waals surface area contributed by atoms with E-state index in [4.69, 9.17) is 0 Å². The molecule has 0 spiro atoms. The molecule has 1 aromatic rings. The van der Waals surface area contributed by atoms with Crippen LogP contribution in [0.2, 0.25) is 0 Å². The van der Waals surface area contributed by atoms with Crippen LogP contribution in [0.5, 0.6) is 0 Å². The van der Waals surface area contributed by atoms with E-state index in [2.05, 4.69) is 56.9 Å². The maximum absolute atomic E-state index is 3.74. The van der Waals surface area contributed by atoms with Crippen molar-refractivity contribution >= 4 is 5.69 Å². The van der Waals surface area contributed by atoms with Crippen LogP contribution in [-0.4, -0.2) is 6.04 Å². The molecule has 0 aliphatic rings. The third-order valence-electron chi connectivity index (χ3n) is 2.79. The Labute approximate surface area is 99.6 Å². The van der Waals surface area contributed by atoms with Crippen LogP contribution < -0.4 is 5.32 Å². The van der Waals surface area contributed by atoms with Crippen molar-refractivity contribution in [3.05, 3.63) is 42.5 Å². The fraction of sp³-hybridized carbons (Fsp3) is 0.467. The van der Waals surface area contributed by atoms with Gasteiger partial charge in [-0.05, 0) is 43.4 Å². The second-order valence-corrected chi connectivity index (χ2v) is 4.69. The van der Waals surface area contributed by atoms with Gasteiger partial charge in [0, 0.05) is 11.7 Å². The summed E-state index contributed by atoms with van der Waals surface area (Å²) in [5.41, 5.74) is 2.60. The first-order valence-corrected chi connectivity index (χ1v) is 6.11. The zero-order valence-corrected chi connectivity index (χ0v) is 10.7. The third-order valence-corrected chi connectivity index (χ3v) is 2.79. The Morgan fingerprint density at radius 1 is 1.19 bits per heavy atom. The van der Waals surface area contributed by atoms with Gasteiger partial charge in [0.2, 0.25) is 0 Å². The minimum atomic E-state index is 0.503. The molecule has 0 amide bonds. The van der Waals surface area contributed by atoms with Crippen LogP contribution in [-0.2, 0) is 0 Å². The van der Waals surface area contributed by atoms with Gasteiger partial charge in [-0.2, -0.15) is 0 Å². The molecule has 1 N–H and O–H groups in total. The van der Waals surface area contributed by atoms with Gasteiger partial charge in [-0.1, -0.05) is 32.1 Å². The highest BCUT2D eigenvalue weighted by atomic mass is 14.9. The Balaban J connectivity index is 2.51. The lowest BCUT2D eigenvalue weighted by Gasteiger charge is -2.15. The summed E-state index contributed by atoms with van der Waals surface area (Å²) in [4.78, 5) is 0. The van der Waals surface area contributed by atoms with Crippen molar-refractivity contribution in [3.63, 3.8) is 0 Å². The Morgan fingerprint density at radius 2 is 1.81 bits per heavy atom. The van der Waals surface area contributed by atoms with E-state index >= 15 is 0 Å². The molecule has 0 aliphatic carbocycles. The first-order valence-electron chi connectivity index (χ1n) is 6.11. The minimum absolute atomic E-state index is 0.503. The lowest BCUT2D eigenvalue weighted by molar-refractivity contribution is 0.719. The van der Waals surface area contributed by atoms with E-state index in [0.29, 0.717) is 12.0 Å². The lowest BCUT2D eigenvalue weighted by atomic mass is 10.0. The van der Waals surface area contributed by atoms with Crippen molar-refractivity contribution < 1.29 is 0 Å². The Hall–Kier alpha value is -1.24. The van der Waals surface area contributed by atoms with Gasteiger partial charge in [0.1, 0.15) is 0 Å². The maximum atomic E-state index is 3.74. The maximum Gasteiger partial charge on any atom is 0.0342 e. The van der Waals surface area contributed by atoms with Crippen molar-refractivity contribution in [2.45, 2.75) is 45.6 Å². The van der Waals surface area contributed by atoms with Crippen molar-refractivity contribution in [1.29, 1.82) is 0 Å². The molecular weight excluding hydrogens is 194 g/mol. The molecule has 0 bridgehead atoms. The zero-order chi connectivity index (χ0) is 12.0. The molecule has 1 nitrogen and oxygen atoms in total. The van der Waals surface area contributed by atoms with Crippen LogP contribution in [0.25, 0.3) is 0 Å². The second-order valence-electron chi connectivity index (χ2n) is 4.69. The Kier molecular flexibility index (Phi) is 5.10. The minimum Gasteiger partial charge on any atom is -0.383 e. The average molecular weight is 217 g/mol. The predicted molar refractivity (Wildman–Crippen MR) is 73.0 cm³/mol. The number of anilines is 1. The van der Waals surface area contributed by atoms with E-state index in [0.717, 1.165) is 12.8 Å². The van der Waals surface area contributed by atoms with E-state index in [1.54, 1.807) is 0 Å². The Morgan fingerprint density at radius 3 is 2.31 bits per heavy atom. The third kappa shape index (κ3) is 4.09. The summed E-state index contributed by atoms with van der Waals surface area (Å²) < 4.78 is 0. The van der Waals surface area contributed by atoms with Crippen molar-refractivity contribution in [3.8, 4) is 0 Å². The summed E-state index contributed by atoms with van der Waals surface area (Å²) in [7, 11) is 0. The highest BCUT2D eigenvalue weighted by Gasteiger charge is 2.02. The molecule has 1 rings (SSSR count). The van der Waals surface area contributed by atoms with Crippen molar-refractivity contribution in [2.24, 2.45) is 0 Å². The van der Waals surface area contributed by atoms with Crippen LogP contribution in [0.1, 0.15) is 45.1 Å². The molecule has 0 heterocycles. The highest BCUT2D eigenvalue weighted by molar-refractivity contribution is 5.45. The number of hydrogen-bond donors (Lipinski definition) is 1. The molecule has 1 heteroatoms. The van der Waals surface area contributed by atoms with E-state index < -0.39 is 0 Å². The largest absolute Gasteiger partial charge is 0.383 e. The molecule has 16 heavy (non-hydrogen) atoms. The molecule has 0 aromatic heterocycles. The second kappa shape index (κ2) is 6.37. The van der Waals surface area contributed by atoms with Crippen LogP contribution in [0.3, 0.4) is 0 Å². The summed E-state index contributed by atoms with van der Waals surface area (Å²) in [6.45, 7) is 10.4. The normalized spacial score (nSPS) is 12.5. The number of nitrogens with one attached hydrogen (secondary N) is 1. The van der Waals surface area contributed by atoms with Gasteiger partial charge in [0.05, 0.1) is 0 Å². The Bertz CT molecular complexity index is 311. The lowest BCUT2D eigenvalue weighted by Crippen LogP contribution is -2.14. The quantitative estimate of drug-likeness (QED) is 0.688. The smallest absolute Gasteiger partial charge is 0.0342 e. The standard InChI is InChI=1S/C15H23N/c1-5-6-7-13(4)16-15-10-8-14(9-11-15)12(2)3/h5,8-13,16H,1,6-7H2,2-4H3. The van der Waals surface area contributed by atoms with E-state index in [1.165, 1.54) is 11.3 Å². The molecule has 88 valence electrons. The van der Waals surface area contributed by atoms with Gasteiger partial charge in [0.25, 0.3) is 0 Å². The molecule has 1 aromatic carbocycles. The average Bonchev–Trinajstić information content (AvgIpc) is 2.27. The fourth-order valence-corrected chi connectivity index (χ4v) is 1.69. The topological polar surface area (TPSA) is 12.0 Å². The summed E-state index contributed by atoms with van der Waals surface area (Å²) >= 11 is 0. The first kappa shape index (κ1) is 12.8. The number of allylic oxidation sites excluding steroid dienone is 1. The van der Waals surface area contributed by atoms with E-state index in [9.17, 15) is 0 Å². The molecule has 0 saturated heterocycles. The van der Waals surface area contributed by atoms with Gasteiger partial charge >= 0.3 is 0 Å². The van der Waals surface area contributed by atoms with Gasteiger partial charge in [-0.15, -0.1) is 6.58 Å². The summed E-state index contributed by atoms with van der Waals surface area (Å²) in [5.74, 6) is 0.604. The predicted octanol–water partition coefficient (Wildman–Crippen LogP) is 4.58. The summed E-state index contributed by atoms with van der Waals surface area (Å²) in [5, 5.41) is 3.50. The molecule has 0 fully saturated rings. The van der Waals surface area contributed by atoms with Crippen molar-refractivity contribution in [1.82, 2.24) is 0 Å². The molecule has 0 radical (unpaired) electrons. The van der Waals surface area contributed by atoms with Gasteiger partial charge in [-0.25, -0.2) is 0 Å². The first-order chi connectivity index (χ1) is 7.63. The van der Waals surface area contributed by atoms with E-state index in [-0.39, 0.29) is 0 Å². The zero-order valence-electron chi connectivity index (χ0n) is 10.7.